The van der Waals surface area contributed by atoms with E-state index in [1.165, 1.54) is 23.2 Å². The van der Waals surface area contributed by atoms with E-state index in [0.29, 0.717) is 5.82 Å². The Balaban J connectivity index is 1.85. The number of hydrogen-bond acceptors (Lipinski definition) is 3. The number of aromatic nitrogens is 3. The van der Waals surface area contributed by atoms with E-state index in [4.69, 9.17) is 11.6 Å². The summed E-state index contributed by atoms with van der Waals surface area (Å²) >= 11 is 6.21. The van der Waals surface area contributed by atoms with E-state index in [9.17, 15) is 18.0 Å². The van der Waals surface area contributed by atoms with Gasteiger partial charge in [-0.05, 0) is 29.8 Å². The molecule has 0 aliphatic heterocycles. The summed E-state index contributed by atoms with van der Waals surface area (Å²) in [7, 11) is 0. The van der Waals surface area contributed by atoms with Crippen LogP contribution in [-0.4, -0.2) is 20.7 Å². The van der Waals surface area contributed by atoms with Gasteiger partial charge in [-0.25, -0.2) is 9.67 Å². The Morgan fingerprint density at radius 2 is 1.66 bits per heavy atom. The summed E-state index contributed by atoms with van der Waals surface area (Å²) in [6.45, 7) is 0.103. The Hall–Kier alpha value is -3.65. The Morgan fingerprint density at radius 1 is 0.969 bits per heavy atom. The fourth-order valence-electron chi connectivity index (χ4n) is 3.15. The van der Waals surface area contributed by atoms with E-state index in [1.807, 2.05) is 30.3 Å². The number of carbonyl (C=O) groups is 1. The van der Waals surface area contributed by atoms with Gasteiger partial charge in [-0.15, -0.1) is 0 Å². The van der Waals surface area contributed by atoms with Crippen molar-refractivity contribution in [3.63, 3.8) is 0 Å². The third kappa shape index (κ3) is 4.50. The molecule has 9 heteroatoms. The number of nitrogens with zero attached hydrogens (tertiary/aromatic N) is 4. The molecule has 0 atom stereocenters. The zero-order valence-electron chi connectivity index (χ0n) is 16.5. The van der Waals surface area contributed by atoms with Crippen LogP contribution in [0.15, 0.2) is 85.1 Å². The van der Waals surface area contributed by atoms with Crippen LogP contribution in [-0.2, 0) is 12.7 Å². The highest BCUT2D eigenvalue weighted by Gasteiger charge is 2.37. The van der Waals surface area contributed by atoms with Crippen LogP contribution >= 0.6 is 11.6 Å². The van der Waals surface area contributed by atoms with Crippen molar-refractivity contribution in [2.75, 3.05) is 4.90 Å². The number of anilines is 1. The minimum absolute atomic E-state index is 0.103. The highest BCUT2D eigenvalue weighted by molar-refractivity contribution is 6.32. The third-order valence-electron chi connectivity index (χ3n) is 4.65. The number of halogens is 4. The SMILES string of the molecule is O=C(c1cc(C(F)(F)F)nn1-c1ccccc1Cl)N(Cc1ccccc1)c1ccccn1. The monoisotopic (exact) mass is 456 g/mol. The summed E-state index contributed by atoms with van der Waals surface area (Å²) in [6.07, 6.45) is -3.23. The third-order valence-corrected chi connectivity index (χ3v) is 4.97. The van der Waals surface area contributed by atoms with Gasteiger partial charge in [-0.3, -0.25) is 9.69 Å². The zero-order chi connectivity index (χ0) is 22.7. The van der Waals surface area contributed by atoms with Crippen LogP contribution in [0.3, 0.4) is 0 Å². The molecule has 0 fully saturated rings. The van der Waals surface area contributed by atoms with Crippen molar-refractivity contribution in [2.24, 2.45) is 0 Å². The van der Waals surface area contributed by atoms with Crippen molar-refractivity contribution in [3.8, 4) is 5.69 Å². The Bertz CT molecular complexity index is 1230. The number of benzene rings is 2. The predicted octanol–water partition coefficient (Wildman–Crippen LogP) is 5.79. The number of hydrogen-bond donors (Lipinski definition) is 0. The summed E-state index contributed by atoms with van der Waals surface area (Å²) in [5.74, 6) is -0.405. The number of carbonyl (C=O) groups excluding carboxylic acids is 1. The van der Waals surface area contributed by atoms with Gasteiger partial charge in [0.25, 0.3) is 5.91 Å². The standard InChI is InChI=1S/C23H16ClF3N4O/c24-17-10-4-5-11-18(17)31-19(14-20(29-31)23(25,26)27)22(32)30(21-12-6-7-13-28-21)15-16-8-2-1-3-9-16/h1-14H,15H2. The molecule has 0 unspecified atom stereocenters. The summed E-state index contributed by atoms with van der Waals surface area (Å²) < 4.78 is 41.4. The van der Waals surface area contributed by atoms with Crippen LogP contribution in [0.5, 0.6) is 0 Å². The van der Waals surface area contributed by atoms with E-state index >= 15 is 0 Å². The van der Waals surface area contributed by atoms with Crippen LogP contribution in [0.25, 0.3) is 5.69 Å². The van der Waals surface area contributed by atoms with Gasteiger partial charge in [-0.1, -0.05) is 60.1 Å². The second kappa shape index (κ2) is 8.84. The first-order chi connectivity index (χ1) is 15.3. The quantitative estimate of drug-likeness (QED) is 0.382. The highest BCUT2D eigenvalue weighted by atomic mass is 35.5. The maximum Gasteiger partial charge on any atom is 0.435 e. The van der Waals surface area contributed by atoms with Crippen molar-refractivity contribution in [1.82, 2.24) is 14.8 Å². The first-order valence-corrected chi connectivity index (χ1v) is 9.91. The van der Waals surface area contributed by atoms with Gasteiger partial charge >= 0.3 is 6.18 Å². The Labute approximate surface area is 186 Å². The maximum atomic E-state index is 13.6. The van der Waals surface area contributed by atoms with E-state index < -0.39 is 17.8 Å². The number of pyridine rings is 1. The minimum atomic E-state index is -4.74. The molecule has 32 heavy (non-hydrogen) atoms. The van der Waals surface area contributed by atoms with E-state index in [0.717, 1.165) is 16.3 Å². The molecule has 2 heterocycles. The molecule has 5 nitrogen and oxygen atoms in total. The first-order valence-electron chi connectivity index (χ1n) is 9.53. The van der Waals surface area contributed by atoms with Gasteiger partial charge in [-0.2, -0.15) is 18.3 Å². The molecule has 0 saturated carbocycles. The Morgan fingerprint density at radius 3 is 2.31 bits per heavy atom. The number of amides is 1. The molecule has 0 saturated heterocycles. The normalized spacial score (nSPS) is 11.4. The van der Waals surface area contributed by atoms with Gasteiger partial charge in [0.2, 0.25) is 0 Å². The van der Waals surface area contributed by atoms with Gasteiger partial charge in [0, 0.05) is 12.3 Å². The zero-order valence-corrected chi connectivity index (χ0v) is 17.3. The summed E-state index contributed by atoms with van der Waals surface area (Å²) in [5.41, 5.74) is -0.534. The van der Waals surface area contributed by atoms with Crippen LogP contribution in [0, 0.1) is 0 Å². The summed E-state index contributed by atoms with van der Waals surface area (Å²) in [6, 6.07) is 21.1. The lowest BCUT2D eigenvalue weighted by Crippen LogP contribution is -2.32. The lowest BCUT2D eigenvalue weighted by molar-refractivity contribution is -0.141. The van der Waals surface area contributed by atoms with Gasteiger partial charge in [0.15, 0.2) is 5.69 Å². The smallest absolute Gasteiger partial charge is 0.287 e. The van der Waals surface area contributed by atoms with Crippen molar-refractivity contribution in [2.45, 2.75) is 12.7 Å². The lowest BCUT2D eigenvalue weighted by Gasteiger charge is -2.22. The van der Waals surface area contributed by atoms with Gasteiger partial charge in [0.05, 0.1) is 17.3 Å². The van der Waals surface area contributed by atoms with Crippen LogP contribution in [0.4, 0.5) is 19.0 Å². The highest BCUT2D eigenvalue weighted by Crippen LogP contribution is 2.32. The van der Waals surface area contributed by atoms with Crippen molar-refractivity contribution in [3.05, 3.63) is 107 Å². The minimum Gasteiger partial charge on any atom is -0.287 e. The molecule has 4 rings (SSSR count). The van der Waals surface area contributed by atoms with Crippen LogP contribution < -0.4 is 4.90 Å². The fraction of sp³-hybridized carbons (Fsp3) is 0.0870. The van der Waals surface area contributed by atoms with E-state index in [-0.39, 0.29) is 22.9 Å². The average Bonchev–Trinajstić information content (AvgIpc) is 3.24. The molecule has 1 amide bonds. The second-order valence-corrected chi connectivity index (χ2v) is 7.25. The van der Waals surface area contributed by atoms with Crippen LogP contribution in [0.1, 0.15) is 21.7 Å². The lowest BCUT2D eigenvalue weighted by atomic mass is 10.2. The summed E-state index contributed by atoms with van der Waals surface area (Å²) in [5, 5.41) is 3.81. The molecule has 0 aliphatic rings. The molecule has 0 spiro atoms. The summed E-state index contributed by atoms with van der Waals surface area (Å²) in [4.78, 5) is 19.1. The number of alkyl halides is 3. The average molecular weight is 457 g/mol. The molecule has 0 bridgehead atoms. The fourth-order valence-corrected chi connectivity index (χ4v) is 3.37. The molecule has 0 radical (unpaired) electrons. The van der Waals surface area contributed by atoms with Crippen molar-refractivity contribution in [1.29, 1.82) is 0 Å². The molecule has 2 aromatic carbocycles. The topological polar surface area (TPSA) is 51.0 Å². The van der Waals surface area contributed by atoms with Crippen LogP contribution in [0.2, 0.25) is 5.02 Å². The second-order valence-electron chi connectivity index (χ2n) is 6.84. The first kappa shape index (κ1) is 21.6. The van der Waals surface area contributed by atoms with Crippen molar-refractivity contribution >= 4 is 23.3 Å². The molecular weight excluding hydrogens is 441 g/mol. The van der Waals surface area contributed by atoms with Gasteiger partial charge < -0.3 is 0 Å². The molecule has 162 valence electrons. The molecule has 0 aliphatic carbocycles. The number of para-hydroxylation sites is 1. The maximum absolute atomic E-state index is 13.6. The molecule has 4 aromatic rings. The molecule has 0 N–H and O–H groups in total. The molecular formula is C23H16ClF3N4O. The van der Waals surface area contributed by atoms with Gasteiger partial charge in [0.1, 0.15) is 11.5 Å². The molecule has 2 aromatic heterocycles. The number of rotatable bonds is 5. The predicted molar refractivity (Wildman–Crippen MR) is 115 cm³/mol. The van der Waals surface area contributed by atoms with Crippen molar-refractivity contribution < 1.29 is 18.0 Å². The van der Waals surface area contributed by atoms with E-state index in [2.05, 4.69) is 10.1 Å². The largest absolute Gasteiger partial charge is 0.435 e. The van der Waals surface area contributed by atoms with E-state index in [1.54, 1.807) is 30.3 Å². The Kier molecular flexibility index (Phi) is 5.96.